The van der Waals surface area contributed by atoms with E-state index < -0.39 is 0 Å². The van der Waals surface area contributed by atoms with Gasteiger partial charge in [-0.1, -0.05) is 12.8 Å². The number of aliphatic hydroxyl groups is 1. The van der Waals surface area contributed by atoms with Gasteiger partial charge in [0.15, 0.2) is 5.96 Å². The number of halogens is 1. The zero-order chi connectivity index (χ0) is 16.2. The molecular weight excluding hydrogens is 417 g/mol. The van der Waals surface area contributed by atoms with Crippen molar-refractivity contribution in [3.05, 3.63) is 0 Å². The molecule has 3 rings (SSSR count). The topological polar surface area (TPSA) is 57.1 Å². The minimum atomic E-state index is 0. The molecule has 0 aromatic rings. The summed E-state index contributed by atoms with van der Waals surface area (Å²) in [5, 5.41) is 12.9. The molecule has 0 radical (unpaired) electrons. The van der Waals surface area contributed by atoms with Gasteiger partial charge in [0.2, 0.25) is 0 Å². The second-order valence-corrected chi connectivity index (χ2v) is 7.83. The van der Waals surface area contributed by atoms with Gasteiger partial charge in [-0.25, -0.2) is 0 Å². The van der Waals surface area contributed by atoms with Crippen molar-refractivity contribution in [3.63, 3.8) is 0 Å². The fourth-order valence-corrected chi connectivity index (χ4v) is 4.61. The Bertz CT molecular complexity index is 418. The predicted molar refractivity (Wildman–Crippen MR) is 108 cm³/mol. The number of ether oxygens (including phenoxy) is 1. The van der Waals surface area contributed by atoms with E-state index in [4.69, 9.17) is 9.73 Å². The quantitative estimate of drug-likeness (QED) is 0.384. The van der Waals surface area contributed by atoms with Crippen LogP contribution in [0.3, 0.4) is 0 Å². The third kappa shape index (κ3) is 4.55. The molecule has 6 heteroatoms. The zero-order valence-corrected chi connectivity index (χ0v) is 17.4. The van der Waals surface area contributed by atoms with E-state index >= 15 is 0 Å². The highest BCUT2D eigenvalue weighted by molar-refractivity contribution is 14.0. The van der Waals surface area contributed by atoms with Crippen molar-refractivity contribution >= 4 is 29.9 Å². The molecule has 1 saturated carbocycles. The first-order valence-corrected chi connectivity index (χ1v) is 9.43. The van der Waals surface area contributed by atoms with E-state index in [9.17, 15) is 5.11 Å². The van der Waals surface area contributed by atoms with Crippen LogP contribution in [0.15, 0.2) is 4.99 Å². The fourth-order valence-electron chi connectivity index (χ4n) is 4.61. The number of hydrogen-bond acceptors (Lipinski definition) is 3. The van der Waals surface area contributed by atoms with Crippen LogP contribution in [0.25, 0.3) is 0 Å². The molecule has 140 valence electrons. The first-order valence-electron chi connectivity index (χ1n) is 9.43. The summed E-state index contributed by atoms with van der Waals surface area (Å²) in [5.41, 5.74) is 0.607. The van der Waals surface area contributed by atoms with Crippen molar-refractivity contribution < 1.29 is 9.84 Å². The number of aliphatic imine (C=N–C) groups is 1. The lowest BCUT2D eigenvalue weighted by molar-refractivity contribution is 0.156. The maximum Gasteiger partial charge on any atom is 0.193 e. The summed E-state index contributed by atoms with van der Waals surface area (Å²) in [6, 6.07) is 0. The lowest BCUT2D eigenvalue weighted by Crippen LogP contribution is -2.42. The summed E-state index contributed by atoms with van der Waals surface area (Å²) in [6.07, 6.45) is 8.32. The molecule has 2 N–H and O–H groups in total. The molecule has 0 bridgehead atoms. The molecule has 3 aliphatic rings. The zero-order valence-electron chi connectivity index (χ0n) is 15.1. The second-order valence-electron chi connectivity index (χ2n) is 7.83. The number of nitrogens with zero attached hydrogens (tertiary/aromatic N) is 2. The highest BCUT2D eigenvalue weighted by Gasteiger charge is 2.42. The Balaban J connectivity index is 0.00000208. The lowest BCUT2D eigenvalue weighted by atomic mass is 9.83. The van der Waals surface area contributed by atoms with E-state index in [-0.39, 0.29) is 36.0 Å². The Morgan fingerprint density at radius 2 is 2.04 bits per heavy atom. The van der Waals surface area contributed by atoms with Gasteiger partial charge in [-0.3, -0.25) is 4.99 Å². The van der Waals surface area contributed by atoms with Crippen LogP contribution in [0, 0.1) is 10.8 Å². The Kier molecular flexibility index (Phi) is 7.61. The third-order valence-electron chi connectivity index (χ3n) is 6.13. The fraction of sp³-hybridized carbons (Fsp3) is 0.944. The van der Waals surface area contributed by atoms with Crippen molar-refractivity contribution in [2.45, 2.75) is 51.9 Å². The molecular formula is C18H34IN3O2. The molecule has 24 heavy (non-hydrogen) atoms. The lowest BCUT2D eigenvalue weighted by Gasteiger charge is -2.29. The SMILES string of the molecule is CCNC(=NCC1(CCO)CCCC1)N1CCC2(CCOC2)C1.I. The van der Waals surface area contributed by atoms with Crippen molar-refractivity contribution in [1.82, 2.24) is 10.2 Å². The largest absolute Gasteiger partial charge is 0.396 e. The molecule has 1 unspecified atom stereocenters. The Morgan fingerprint density at radius 1 is 1.25 bits per heavy atom. The van der Waals surface area contributed by atoms with E-state index in [0.717, 1.165) is 51.8 Å². The normalized spacial score (nSPS) is 29.2. The summed E-state index contributed by atoms with van der Waals surface area (Å²) in [4.78, 5) is 7.43. The molecule has 0 amide bonds. The molecule has 1 atom stereocenters. The standard InChI is InChI=1S/C18H33N3O2.HI/c1-2-19-16(20-13-17(8-11-22)5-3-4-6-17)21-10-7-18(14-21)9-12-23-15-18;/h22H,2-15H2,1H3,(H,19,20);1H. The van der Waals surface area contributed by atoms with Gasteiger partial charge in [0, 0.05) is 44.8 Å². The summed E-state index contributed by atoms with van der Waals surface area (Å²) >= 11 is 0. The van der Waals surface area contributed by atoms with E-state index in [1.54, 1.807) is 0 Å². The minimum absolute atomic E-state index is 0. The van der Waals surface area contributed by atoms with Gasteiger partial charge in [0.1, 0.15) is 0 Å². The predicted octanol–water partition coefficient (Wildman–Crippen LogP) is 2.63. The molecule has 2 aliphatic heterocycles. The number of hydrogen-bond donors (Lipinski definition) is 2. The maximum absolute atomic E-state index is 9.42. The summed E-state index contributed by atoms with van der Waals surface area (Å²) in [7, 11) is 0. The van der Waals surface area contributed by atoms with Crippen LogP contribution >= 0.6 is 24.0 Å². The van der Waals surface area contributed by atoms with Gasteiger partial charge < -0.3 is 20.1 Å². The van der Waals surface area contributed by atoms with Crippen molar-refractivity contribution in [2.75, 3.05) is 46.0 Å². The van der Waals surface area contributed by atoms with Crippen molar-refractivity contribution in [1.29, 1.82) is 0 Å². The second kappa shape index (κ2) is 9.03. The van der Waals surface area contributed by atoms with Gasteiger partial charge in [-0.15, -0.1) is 24.0 Å². The molecule has 0 aromatic carbocycles. The van der Waals surface area contributed by atoms with Crippen LogP contribution in [0.5, 0.6) is 0 Å². The molecule has 1 aliphatic carbocycles. The van der Waals surface area contributed by atoms with Gasteiger partial charge in [-0.05, 0) is 44.4 Å². The molecule has 2 saturated heterocycles. The molecule has 5 nitrogen and oxygen atoms in total. The van der Waals surface area contributed by atoms with Crippen LogP contribution < -0.4 is 5.32 Å². The summed E-state index contributed by atoms with van der Waals surface area (Å²) in [6.45, 7) is 8.18. The number of guanidine groups is 1. The molecule has 1 spiro atoms. The van der Waals surface area contributed by atoms with Gasteiger partial charge in [0.25, 0.3) is 0 Å². The highest BCUT2D eigenvalue weighted by atomic mass is 127. The van der Waals surface area contributed by atoms with Crippen LogP contribution in [0.1, 0.15) is 51.9 Å². The van der Waals surface area contributed by atoms with E-state index in [1.807, 2.05) is 0 Å². The Hall–Kier alpha value is -0.0800. The summed E-state index contributed by atoms with van der Waals surface area (Å²) in [5.74, 6) is 1.07. The summed E-state index contributed by atoms with van der Waals surface area (Å²) < 4.78 is 5.64. The van der Waals surface area contributed by atoms with Crippen LogP contribution in [0.2, 0.25) is 0 Å². The maximum atomic E-state index is 9.42. The minimum Gasteiger partial charge on any atom is -0.396 e. The number of rotatable bonds is 5. The monoisotopic (exact) mass is 451 g/mol. The smallest absolute Gasteiger partial charge is 0.193 e. The Labute approximate surface area is 163 Å². The number of aliphatic hydroxyl groups excluding tert-OH is 1. The number of nitrogens with one attached hydrogen (secondary N) is 1. The number of likely N-dealkylation sites (tertiary alicyclic amines) is 1. The molecule has 3 fully saturated rings. The van der Waals surface area contributed by atoms with Crippen LogP contribution in [0.4, 0.5) is 0 Å². The Morgan fingerprint density at radius 3 is 2.67 bits per heavy atom. The molecule has 2 heterocycles. The van der Waals surface area contributed by atoms with Gasteiger partial charge in [-0.2, -0.15) is 0 Å². The van der Waals surface area contributed by atoms with E-state index in [0.29, 0.717) is 5.41 Å². The van der Waals surface area contributed by atoms with Crippen molar-refractivity contribution in [3.8, 4) is 0 Å². The van der Waals surface area contributed by atoms with E-state index in [2.05, 4.69) is 17.1 Å². The molecule has 0 aromatic heterocycles. The highest BCUT2D eigenvalue weighted by Crippen LogP contribution is 2.41. The average Bonchev–Trinajstić information content (AvgIpc) is 3.28. The van der Waals surface area contributed by atoms with E-state index in [1.165, 1.54) is 38.5 Å². The third-order valence-corrected chi connectivity index (χ3v) is 6.13. The van der Waals surface area contributed by atoms with Gasteiger partial charge >= 0.3 is 0 Å². The van der Waals surface area contributed by atoms with Crippen LogP contribution in [-0.2, 0) is 4.74 Å². The average molecular weight is 451 g/mol. The van der Waals surface area contributed by atoms with Crippen molar-refractivity contribution in [2.24, 2.45) is 15.8 Å². The first kappa shape index (κ1) is 20.2. The first-order chi connectivity index (χ1) is 11.2. The van der Waals surface area contributed by atoms with Gasteiger partial charge in [0.05, 0.1) is 6.61 Å². The van der Waals surface area contributed by atoms with Crippen LogP contribution in [-0.4, -0.2) is 62.0 Å².